The third-order valence-corrected chi connectivity index (χ3v) is 3.84. The van der Waals surface area contributed by atoms with Crippen molar-refractivity contribution in [2.75, 3.05) is 6.54 Å². The minimum absolute atomic E-state index is 0.344. The third kappa shape index (κ3) is 4.52. The molecule has 1 rings (SSSR count). The summed E-state index contributed by atoms with van der Waals surface area (Å²) in [4.78, 5) is 26.2. The van der Waals surface area contributed by atoms with Crippen LogP contribution in [0.5, 0.6) is 0 Å². The van der Waals surface area contributed by atoms with E-state index in [1.165, 1.54) is 0 Å². The van der Waals surface area contributed by atoms with Gasteiger partial charge in [0.15, 0.2) is 0 Å². The maximum absolute atomic E-state index is 12.2. The molecule has 0 radical (unpaired) electrons. The summed E-state index contributed by atoms with van der Waals surface area (Å²) in [5, 5.41) is 13.8. The van der Waals surface area contributed by atoms with Gasteiger partial charge in [0, 0.05) is 11.4 Å². The average molecular weight is 298 g/mol. The molecule has 0 spiro atoms. The van der Waals surface area contributed by atoms with Crippen molar-refractivity contribution < 1.29 is 14.7 Å². The number of nitrogens with zero attached hydrogens (tertiary/aromatic N) is 1. The number of carboxylic acids is 1. The molecule has 0 bridgehead atoms. The van der Waals surface area contributed by atoms with E-state index in [9.17, 15) is 14.7 Å². The van der Waals surface area contributed by atoms with Gasteiger partial charge in [-0.15, -0.1) is 11.3 Å². The molecule has 2 amide bonds. The molecule has 0 saturated carbocycles. The van der Waals surface area contributed by atoms with Crippen molar-refractivity contribution in [3.8, 4) is 0 Å². The second kappa shape index (κ2) is 6.74. The normalized spacial score (nSPS) is 12.8. The predicted octanol–water partition coefficient (Wildman–Crippen LogP) is 2.78. The molecule has 0 aliphatic carbocycles. The third-order valence-electron chi connectivity index (χ3n) is 2.98. The van der Waals surface area contributed by atoms with Gasteiger partial charge in [0.2, 0.25) is 0 Å². The van der Waals surface area contributed by atoms with Crippen LogP contribution in [0, 0.1) is 5.41 Å². The Morgan fingerprint density at radius 1 is 1.45 bits per heavy atom. The maximum Gasteiger partial charge on any atom is 0.326 e. The highest BCUT2D eigenvalue weighted by atomic mass is 32.1. The fraction of sp³-hybridized carbons (Fsp3) is 0.571. The zero-order valence-electron chi connectivity index (χ0n) is 12.3. The molecule has 5 nitrogen and oxygen atoms in total. The minimum atomic E-state index is -1.02. The second-order valence-electron chi connectivity index (χ2n) is 5.68. The lowest BCUT2D eigenvalue weighted by Crippen LogP contribution is -2.53. The molecule has 112 valence electrons. The first kappa shape index (κ1) is 16.5. The zero-order valence-corrected chi connectivity index (χ0v) is 13.2. The first-order valence-corrected chi connectivity index (χ1v) is 7.44. The highest BCUT2D eigenvalue weighted by Crippen LogP contribution is 2.20. The number of rotatable bonds is 5. The molecule has 1 unspecified atom stereocenters. The minimum Gasteiger partial charge on any atom is -0.480 e. The second-order valence-corrected chi connectivity index (χ2v) is 6.71. The molecule has 1 atom stereocenters. The lowest BCUT2D eigenvalue weighted by molar-refractivity contribution is -0.142. The number of nitrogens with one attached hydrogen (secondary N) is 1. The Bertz CT molecular complexity index is 451. The Labute approximate surface area is 123 Å². The van der Waals surface area contributed by atoms with Crippen molar-refractivity contribution in [2.24, 2.45) is 5.41 Å². The first-order chi connectivity index (χ1) is 9.25. The Morgan fingerprint density at radius 2 is 2.10 bits per heavy atom. The number of amides is 2. The molecule has 1 heterocycles. The number of hydrogen-bond acceptors (Lipinski definition) is 3. The van der Waals surface area contributed by atoms with Crippen molar-refractivity contribution in [3.05, 3.63) is 22.4 Å². The smallest absolute Gasteiger partial charge is 0.326 e. The van der Waals surface area contributed by atoms with Crippen LogP contribution < -0.4 is 5.32 Å². The highest BCUT2D eigenvalue weighted by molar-refractivity contribution is 7.09. The lowest BCUT2D eigenvalue weighted by Gasteiger charge is -2.30. The molecule has 0 saturated heterocycles. The van der Waals surface area contributed by atoms with Gasteiger partial charge in [0.1, 0.15) is 6.04 Å². The van der Waals surface area contributed by atoms with E-state index >= 15 is 0 Å². The molecule has 20 heavy (non-hydrogen) atoms. The number of carbonyl (C=O) groups excluding carboxylic acids is 1. The van der Waals surface area contributed by atoms with Crippen molar-refractivity contribution in [2.45, 2.75) is 40.3 Å². The van der Waals surface area contributed by atoms with E-state index in [1.54, 1.807) is 37.0 Å². The van der Waals surface area contributed by atoms with Gasteiger partial charge in [0.05, 0.1) is 6.54 Å². The van der Waals surface area contributed by atoms with Crippen LogP contribution in [-0.4, -0.2) is 34.6 Å². The molecule has 0 fully saturated rings. The molecular weight excluding hydrogens is 276 g/mol. The van der Waals surface area contributed by atoms with E-state index in [0.29, 0.717) is 13.1 Å². The van der Waals surface area contributed by atoms with Crippen molar-refractivity contribution in [1.29, 1.82) is 0 Å². The first-order valence-electron chi connectivity index (χ1n) is 6.56. The topological polar surface area (TPSA) is 69.6 Å². The zero-order chi connectivity index (χ0) is 15.3. The van der Waals surface area contributed by atoms with Crippen LogP contribution in [0.25, 0.3) is 0 Å². The van der Waals surface area contributed by atoms with Crippen LogP contribution in [0.15, 0.2) is 17.5 Å². The maximum atomic E-state index is 12.2. The summed E-state index contributed by atoms with van der Waals surface area (Å²) in [6, 6.07) is 2.63. The Kier molecular flexibility index (Phi) is 5.56. The molecule has 1 aromatic heterocycles. The number of hydrogen-bond donors (Lipinski definition) is 2. The molecule has 1 aromatic rings. The lowest BCUT2D eigenvalue weighted by atomic mass is 9.87. The number of aliphatic carboxylic acids is 1. The van der Waals surface area contributed by atoms with E-state index in [0.717, 1.165) is 4.88 Å². The van der Waals surface area contributed by atoms with Crippen molar-refractivity contribution >= 4 is 23.3 Å². The molecule has 0 aliphatic heterocycles. The molecule has 0 aromatic carbocycles. The van der Waals surface area contributed by atoms with E-state index in [2.05, 4.69) is 5.32 Å². The quantitative estimate of drug-likeness (QED) is 0.878. The van der Waals surface area contributed by atoms with Crippen LogP contribution in [0.4, 0.5) is 4.79 Å². The van der Waals surface area contributed by atoms with E-state index < -0.39 is 17.4 Å². The fourth-order valence-electron chi connectivity index (χ4n) is 1.78. The van der Waals surface area contributed by atoms with Gasteiger partial charge in [0.25, 0.3) is 0 Å². The Balaban J connectivity index is 2.73. The van der Waals surface area contributed by atoms with Crippen LogP contribution in [0.3, 0.4) is 0 Å². The summed E-state index contributed by atoms with van der Waals surface area (Å²) in [7, 11) is 0. The number of carboxylic acid groups (broad SMARTS) is 1. The summed E-state index contributed by atoms with van der Waals surface area (Å²) < 4.78 is 0. The van der Waals surface area contributed by atoms with Gasteiger partial charge in [-0.2, -0.15) is 0 Å². The predicted molar refractivity (Wildman–Crippen MR) is 79.8 cm³/mol. The number of urea groups is 1. The highest BCUT2D eigenvalue weighted by Gasteiger charge is 2.33. The monoisotopic (exact) mass is 298 g/mol. The van der Waals surface area contributed by atoms with Crippen LogP contribution in [0.1, 0.15) is 32.6 Å². The van der Waals surface area contributed by atoms with E-state index in [1.807, 2.05) is 24.4 Å². The molecule has 0 aliphatic rings. The standard InChI is InChI=1S/C14H22N2O3S/c1-5-16(9-10-7-6-8-20-10)13(19)15-11(12(17)18)14(2,3)4/h6-8,11H,5,9H2,1-4H3,(H,15,19)(H,17,18). The average Bonchev–Trinajstić information content (AvgIpc) is 2.83. The van der Waals surface area contributed by atoms with Gasteiger partial charge in [-0.1, -0.05) is 26.8 Å². The summed E-state index contributed by atoms with van der Waals surface area (Å²) in [5.41, 5.74) is -0.538. The van der Waals surface area contributed by atoms with Gasteiger partial charge in [-0.25, -0.2) is 9.59 Å². The van der Waals surface area contributed by atoms with Gasteiger partial charge in [-0.3, -0.25) is 0 Å². The van der Waals surface area contributed by atoms with Crippen molar-refractivity contribution in [3.63, 3.8) is 0 Å². The van der Waals surface area contributed by atoms with E-state index in [4.69, 9.17) is 0 Å². The molecule has 2 N–H and O–H groups in total. The van der Waals surface area contributed by atoms with Gasteiger partial charge >= 0.3 is 12.0 Å². The largest absolute Gasteiger partial charge is 0.480 e. The van der Waals surface area contributed by atoms with Crippen molar-refractivity contribution in [1.82, 2.24) is 10.2 Å². The summed E-state index contributed by atoms with van der Waals surface area (Å²) in [6.45, 7) is 8.28. The van der Waals surface area contributed by atoms with Crippen LogP contribution in [0.2, 0.25) is 0 Å². The molecule has 6 heteroatoms. The summed E-state index contributed by atoms with van der Waals surface area (Å²) >= 11 is 1.58. The Morgan fingerprint density at radius 3 is 2.50 bits per heavy atom. The van der Waals surface area contributed by atoms with Gasteiger partial charge in [-0.05, 0) is 23.8 Å². The van der Waals surface area contributed by atoms with E-state index in [-0.39, 0.29) is 6.03 Å². The van der Waals surface area contributed by atoms with Crippen LogP contribution in [-0.2, 0) is 11.3 Å². The van der Waals surface area contributed by atoms with Gasteiger partial charge < -0.3 is 15.3 Å². The summed E-state index contributed by atoms with van der Waals surface area (Å²) in [5.74, 6) is -1.02. The number of carbonyl (C=O) groups is 2. The van der Waals surface area contributed by atoms with Crippen LogP contribution >= 0.6 is 11.3 Å². The Hall–Kier alpha value is -1.56. The SMILES string of the molecule is CCN(Cc1cccs1)C(=O)NC(C(=O)O)C(C)(C)C. The fourth-order valence-corrected chi connectivity index (χ4v) is 2.50. The molecular formula is C14H22N2O3S. The summed E-state index contributed by atoms with van der Waals surface area (Å²) in [6.07, 6.45) is 0. The number of thiophene rings is 1.